The normalized spacial score (nSPS) is 18.4. The fourth-order valence-electron chi connectivity index (χ4n) is 4.75. The molecule has 1 amide bonds. The third-order valence-electron chi connectivity index (χ3n) is 6.62. The first-order chi connectivity index (χ1) is 16.7. The van der Waals surface area contributed by atoms with Gasteiger partial charge in [-0.1, -0.05) is 48.9 Å². The highest BCUT2D eigenvalue weighted by molar-refractivity contribution is 6.00. The van der Waals surface area contributed by atoms with Gasteiger partial charge in [0.2, 0.25) is 0 Å². The van der Waals surface area contributed by atoms with Crippen molar-refractivity contribution in [3.8, 4) is 17.0 Å². The summed E-state index contributed by atoms with van der Waals surface area (Å²) in [5, 5.41) is 7.64. The molecular weight excluding hydrogens is 428 g/mol. The van der Waals surface area contributed by atoms with Crippen molar-refractivity contribution >= 4 is 5.91 Å². The van der Waals surface area contributed by atoms with Crippen LogP contribution in [0.5, 0.6) is 5.75 Å². The summed E-state index contributed by atoms with van der Waals surface area (Å²) in [6.07, 6.45) is 0.965. The number of hydrogen-bond donors (Lipinski definition) is 1. The number of morpholine rings is 1. The number of H-pyrrole nitrogens is 1. The van der Waals surface area contributed by atoms with Gasteiger partial charge in [0.15, 0.2) is 0 Å². The molecule has 0 bridgehead atoms. The minimum Gasteiger partial charge on any atom is -0.494 e. The number of benzene rings is 2. The molecule has 2 aliphatic heterocycles. The molecule has 1 aromatic heterocycles. The van der Waals surface area contributed by atoms with E-state index in [1.165, 1.54) is 5.56 Å². The number of carbonyl (C=O) groups excluding carboxylic acids is 1. The Kier molecular flexibility index (Phi) is 6.65. The van der Waals surface area contributed by atoms with E-state index in [2.05, 4.69) is 65.3 Å². The van der Waals surface area contributed by atoms with Gasteiger partial charge < -0.3 is 14.4 Å². The number of aromatic amines is 1. The number of aromatic nitrogens is 2. The van der Waals surface area contributed by atoms with Crippen LogP contribution in [0.25, 0.3) is 11.3 Å². The van der Waals surface area contributed by atoms with E-state index in [0.29, 0.717) is 18.8 Å². The maximum atomic E-state index is 13.5. The molecule has 1 unspecified atom stereocenters. The average molecular weight is 461 g/mol. The summed E-state index contributed by atoms with van der Waals surface area (Å²) in [6, 6.07) is 16.3. The van der Waals surface area contributed by atoms with Gasteiger partial charge in [-0.15, -0.1) is 0 Å². The number of hydrogen-bond acceptors (Lipinski definition) is 5. The monoisotopic (exact) mass is 460 g/mol. The summed E-state index contributed by atoms with van der Waals surface area (Å²) in [4.78, 5) is 17.9. The van der Waals surface area contributed by atoms with Gasteiger partial charge >= 0.3 is 0 Å². The van der Waals surface area contributed by atoms with Gasteiger partial charge in [0.05, 0.1) is 31.6 Å². The van der Waals surface area contributed by atoms with Crippen LogP contribution in [0, 0.1) is 6.92 Å². The first-order valence-electron chi connectivity index (χ1n) is 12.1. The summed E-state index contributed by atoms with van der Waals surface area (Å²) in [7, 11) is 0. The largest absolute Gasteiger partial charge is 0.494 e. The third-order valence-corrected chi connectivity index (χ3v) is 6.62. The highest BCUT2D eigenvalue weighted by Gasteiger charge is 2.42. The van der Waals surface area contributed by atoms with Gasteiger partial charge in [-0.2, -0.15) is 5.10 Å². The van der Waals surface area contributed by atoms with Crippen molar-refractivity contribution in [1.82, 2.24) is 20.0 Å². The van der Waals surface area contributed by atoms with E-state index < -0.39 is 0 Å². The lowest BCUT2D eigenvalue weighted by Gasteiger charge is -2.31. The molecule has 3 heterocycles. The van der Waals surface area contributed by atoms with Crippen molar-refractivity contribution < 1.29 is 14.3 Å². The standard InChI is InChI=1S/C27H32N4O3/c1-3-16-34-22-10-8-21(9-11-22)26-23-24(20-6-4-19(2)5-7-20)28-29-25(23)27(32)31(26)13-12-30-14-17-33-18-15-30/h4-11,26H,3,12-18H2,1-2H3,(H,28,29). The van der Waals surface area contributed by atoms with Crippen LogP contribution in [0.3, 0.4) is 0 Å². The maximum Gasteiger partial charge on any atom is 0.273 e. The van der Waals surface area contributed by atoms with Crippen LogP contribution in [0.1, 0.15) is 46.6 Å². The van der Waals surface area contributed by atoms with E-state index in [0.717, 1.165) is 67.4 Å². The van der Waals surface area contributed by atoms with Crippen LogP contribution in [0.2, 0.25) is 0 Å². The van der Waals surface area contributed by atoms with E-state index in [9.17, 15) is 4.79 Å². The predicted molar refractivity (Wildman–Crippen MR) is 131 cm³/mol. The van der Waals surface area contributed by atoms with Crippen molar-refractivity contribution in [1.29, 1.82) is 0 Å². The predicted octanol–water partition coefficient (Wildman–Crippen LogP) is 4.05. The summed E-state index contributed by atoms with van der Waals surface area (Å²) >= 11 is 0. The lowest BCUT2D eigenvalue weighted by molar-refractivity contribution is 0.0316. The number of carbonyl (C=O) groups is 1. The Morgan fingerprint density at radius 2 is 1.79 bits per heavy atom. The number of fused-ring (bicyclic) bond motifs is 1. The minimum absolute atomic E-state index is 0.00503. The Hall–Kier alpha value is -3.16. The van der Waals surface area contributed by atoms with Gasteiger partial charge in [0.1, 0.15) is 11.4 Å². The third kappa shape index (κ3) is 4.45. The van der Waals surface area contributed by atoms with Gasteiger partial charge in [0.25, 0.3) is 5.91 Å². The molecule has 0 spiro atoms. The fraction of sp³-hybridized carbons (Fsp3) is 0.407. The SMILES string of the molecule is CCCOc1ccc(C2c3c(-c4ccc(C)cc4)n[nH]c3C(=O)N2CCN2CCOCC2)cc1. The zero-order valence-electron chi connectivity index (χ0n) is 19.9. The summed E-state index contributed by atoms with van der Waals surface area (Å²) in [5.41, 5.74) is 5.66. The maximum absolute atomic E-state index is 13.5. The van der Waals surface area contributed by atoms with E-state index in [4.69, 9.17) is 9.47 Å². The second-order valence-corrected chi connectivity index (χ2v) is 9.00. The minimum atomic E-state index is -0.196. The number of nitrogens with one attached hydrogen (secondary N) is 1. The second kappa shape index (κ2) is 9.99. The van der Waals surface area contributed by atoms with E-state index >= 15 is 0 Å². The van der Waals surface area contributed by atoms with E-state index in [1.807, 2.05) is 17.0 Å². The van der Waals surface area contributed by atoms with Crippen molar-refractivity contribution in [3.05, 3.63) is 70.9 Å². The van der Waals surface area contributed by atoms with Crippen LogP contribution < -0.4 is 4.74 Å². The molecule has 1 N–H and O–H groups in total. The van der Waals surface area contributed by atoms with Crippen molar-refractivity contribution in [2.24, 2.45) is 0 Å². The average Bonchev–Trinajstić information content (AvgIpc) is 3.42. The lowest BCUT2D eigenvalue weighted by atomic mass is 9.95. The summed E-state index contributed by atoms with van der Waals surface area (Å²) < 4.78 is 11.3. The molecule has 1 saturated heterocycles. The molecule has 7 nitrogen and oxygen atoms in total. The number of rotatable bonds is 8. The quantitative estimate of drug-likeness (QED) is 0.549. The first-order valence-corrected chi connectivity index (χ1v) is 12.1. The molecule has 178 valence electrons. The Morgan fingerprint density at radius 1 is 1.06 bits per heavy atom. The Bertz CT molecular complexity index is 1120. The Morgan fingerprint density at radius 3 is 2.50 bits per heavy atom. The molecule has 5 rings (SSSR count). The second-order valence-electron chi connectivity index (χ2n) is 9.00. The first kappa shape index (κ1) is 22.6. The molecule has 0 saturated carbocycles. The molecule has 3 aromatic rings. The molecule has 34 heavy (non-hydrogen) atoms. The molecule has 2 aromatic carbocycles. The summed E-state index contributed by atoms with van der Waals surface area (Å²) in [6.45, 7) is 9.62. The fourth-order valence-corrected chi connectivity index (χ4v) is 4.75. The molecule has 1 atom stereocenters. The van der Waals surface area contributed by atoms with Crippen LogP contribution in [-0.2, 0) is 4.74 Å². The van der Waals surface area contributed by atoms with Crippen molar-refractivity contribution in [2.45, 2.75) is 26.3 Å². The Labute approximate surface area is 200 Å². The molecule has 1 fully saturated rings. The number of amides is 1. The highest BCUT2D eigenvalue weighted by Crippen LogP contribution is 2.43. The van der Waals surface area contributed by atoms with Crippen molar-refractivity contribution in [2.75, 3.05) is 46.0 Å². The van der Waals surface area contributed by atoms with Gasteiger partial charge in [-0.3, -0.25) is 14.8 Å². The summed E-state index contributed by atoms with van der Waals surface area (Å²) in [5.74, 6) is 0.853. The Balaban J connectivity index is 1.49. The van der Waals surface area contributed by atoms with E-state index in [-0.39, 0.29) is 11.9 Å². The molecule has 2 aliphatic rings. The lowest BCUT2D eigenvalue weighted by Crippen LogP contribution is -2.42. The number of ether oxygens (including phenoxy) is 2. The molecule has 0 aliphatic carbocycles. The zero-order valence-corrected chi connectivity index (χ0v) is 19.9. The smallest absolute Gasteiger partial charge is 0.273 e. The zero-order chi connectivity index (χ0) is 23.5. The van der Waals surface area contributed by atoms with Crippen LogP contribution in [0.15, 0.2) is 48.5 Å². The van der Waals surface area contributed by atoms with Crippen LogP contribution in [-0.4, -0.2) is 71.9 Å². The molecular formula is C27H32N4O3. The number of nitrogens with zero attached hydrogens (tertiary/aromatic N) is 3. The van der Waals surface area contributed by atoms with Crippen LogP contribution >= 0.6 is 0 Å². The topological polar surface area (TPSA) is 70.7 Å². The number of aryl methyl sites for hydroxylation is 1. The molecule has 7 heteroatoms. The highest BCUT2D eigenvalue weighted by atomic mass is 16.5. The van der Waals surface area contributed by atoms with Crippen molar-refractivity contribution in [3.63, 3.8) is 0 Å². The van der Waals surface area contributed by atoms with E-state index in [1.54, 1.807) is 0 Å². The van der Waals surface area contributed by atoms with Crippen LogP contribution in [0.4, 0.5) is 0 Å². The van der Waals surface area contributed by atoms with Gasteiger partial charge in [0, 0.05) is 37.3 Å². The molecule has 0 radical (unpaired) electrons. The van der Waals surface area contributed by atoms with Gasteiger partial charge in [-0.25, -0.2) is 0 Å². The van der Waals surface area contributed by atoms with Gasteiger partial charge in [-0.05, 0) is 31.0 Å².